The number of ether oxygens (including phenoxy) is 1. The van der Waals surface area contributed by atoms with Gasteiger partial charge in [0.15, 0.2) is 0 Å². The molecule has 3 aromatic rings. The van der Waals surface area contributed by atoms with Crippen molar-refractivity contribution in [1.82, 2.24) is 20.4 Å². The number of rotatable bonds is 7. The van der Waals surface area contributed by atoms with E-state index in [1.807, 2.05) is 43.4 Å². The van der Waals surface area contributed by atoms with E-state index in [1.54, 1.807) is 23.0 Å². The number of hydrogen-bond acceptors (Lipinski definition) is 5. The van der Waals surface area contributed by atoms with Crippen molar-refractivity contribution in [3.8, 4) is 5.75 Å². The number of aromatic nitrogens is 2. The van der Waals surface area contributed by atoms with Gasteiger partial charge in [-0.2, -0.15) is 5.10 Å². The Hall–Kier alpha value is -3.16. The first kappa shape index (κ1) is 20.1. The lowest BCUT2D eigenvalue weighted by Crippen LogP contribution is -2.49. The van der Waals surface area contributed by atoms with Crippen molar-refractivity contribution >= 4 is 5.91 Å². The number of nitrogens with zero attached hydrogens (tertiary/aromatic N) is 2. The fourth-order valence-corrected chi connectivity index (χ4v) is 3.61. The van der Waals surface area contributed by atoms with Gasteiger partial charge in [-0.15, -0.1) is 0 Å². The van der Waals surface area contributed by atoms with E-state index < -0.39 is 6.10 Å². The Kier molecular flexibility index (Phi) is 6.11. The number of aliphatic hydroxyl groups is 1. The van der Waals surface area contributed by atoms with E-state index in [2.05, 4.69) is 21.8 Å². The van der Waals surface area contributed by atoms with E-state index in [1.165, 1.54) is 5.56 Å². The van der Waals surface area contributed by atoms with E-state index in [0.717, 1.165) is 17.0 Å². The quantitative estimate of drug-likeness (QED) is 0.557. The van der Waals surface area contributed by atoms with Gasteiger partial charge in [-0.1, -0.05) is 24.3 Å². The minimum atomic E-state index is -0.674. The van der Waals surface area contributed by atoms with Gasteiger partial charge in [-0.05, 0) is 47.9 Å². The number of benzene rings is 2. The maximum absolute atomic E-state index is 12.2. The summed E-state index contributed by atoms with van der Waals surface area (Å²) in [5.41, 5.74) is 3.94. The molecule has 0 aliphatic carbocycles. The van der Waals surface area contributed by atoms with Gasteiger partial charge in [0.2, 0.25) is 0 Å². The normalized spacial score (nSPS) is 16.5. The van der Waals surface area contributed by atoms with Gasteiger partial charge in [-0.3, -0.25) is 9.48 Å². The number of carbonyl (C=O) groups is 1. The SMILES string of the molecule is Cn1nccc1COc1ccc2c(c1)CN[C@H]([C@H](O)CNC(=O)c1ccccc1)C2. The first-order valence-electron chi connectivity index (χ1n) is 10.1. The van der Waals surface area contributed by atoms with Crippen molar-refractivity contribution < 1.29 is 14.6 Å². The van der Waals surface area contributed by atoms with Gasteiger partial charge in [0.1, 0.15) is 12.4 Å². The second-order valence-corrected chi connectivity index (χ2v) is 7.50. The molecule has 1 aromatic heterocycles. The highest BCUT2D eigenvalue weighted by atomic mass is 16.5. The zero-order valence-corrected chi connectivity index (χ0v) is 16.9. The average molecular weight is 406 g/mol. The van der Waals surface area contributed by atoms with Gasteiger partial charge in [0.25, 0.3) is 5.91 Å². The molecule has 7 nitrogen and oxygen atoms in total. The molecular formula is C23H26N4O3. The van der Waals surface area contributed by atoms with Gasteiger partial charge in [0, 0.05) is 37.9 Å². The molecule has 1 aliphatic heterocycles. The highest BCUT2D eigenvalue weighted by Crippen LogP contribution is 2.24. The molecule has 0 radical (unpaired) electrons. The predicted molar refractivity (Wildman–Crippen MR) is 113 cm³/mol. The Morgan fingerprint density at radius 2 is 2.10 bits per heavy atom. The zero-order valence-electron chi connectivity index (χ0n) is 16.9. The lowest BCUT2D eigenvalue weighted by atomic mass is 9.92. The summed E-state index contributed by atoms with van der Waals surface area (Å²) in [6.07, 6.45) is 1.77. The summed E-state index contributed by atoms with van der Waals surface area (Å²) >= 11 is 0. The van der Waals surface area contributed by atoms with Crippen molar-refractivity contribution in [1.29, 1.82) is 0 Å². The van der Waals surface area contributed by atoms with Crippen LogP contribution in [0.1, 0.15) is 27.2 Å². The topological polar surface area (TPSA) is 88.4 Å². The molecule has 0 fully saturated rings. The van der Waals surface area contributed by atoms with E-state index in [0.29, 0.717) is 25.1 Å². The standard InChI is InChI=1S/C23H26N4O3/c1-27-19(9-10-26-27)15-30-20-8-7-17-12-21(24-13-18(17)11-20)22(28)14-25-23(29)16-5-3-2-4-6-16/h2-11,21-22,24,28H,12-15H2,1H3,(H,25,29)/t21-,22+/m0/s1. The third kappa shape index (κ3) is 4.69. The first-order chi connectivity index (χ1) is 14.6. The van der Waals surface area contributed by atoms with Gasteiger partial charge in [0.05, 0.1) is 11.8 Å². The fourth-order valence-electron chi connectivity index (χ4n) is 3.61. The van der Waals surface area contributed by atoms with Crippen LogP contribution in [0.5, 0.6) is 5.75 Å². The molecule has 3 N–H and O–H groups in total. The van der Waals surface area contributed by atoms with Crippen LogP contribution in [-0.4, -0.2) is 39.5 Å². The Bertz CT molecular complexity index is 1000. The molecule has 156 valence electrons. The van der Waals surface area contributed by atoms with E-state index in [9.17, 15) is 9.90 Å². The second kappa shape index (κ2) is 9.11. The van der Waals surface area contributed by atoms with Crippen LogP contribution in [0.15, 0.2) is 60.8 Å². The molecule has 0 bridgehead atoms. The summed E-state index contributed by atoms with van der Waals surface area (Å²) in [5, 5.41) is 20.9. The maximum atomic E-state index is 12.2. The van der Waals surface area contributed by atoms with Gasteiger partial charge in [-0.25, -0.2) is 0 Å². The zero-order chi connectivity index (χ0) is 20.9. The number of aryl methyl sites for hydroxylation is 1. The molecular weight excluding hydrogens is 380 g/mol. The Labute approximate surface area is 175 Å². The molecule has 4 rings (SSSR count). The van der Waals surface area contributed by atoms with E-state index >= 15 is 0 Å². The Morgan fingerprint density at radius 3 is 2.87 bits per heavy atom. The summed E-state index contributed by atoms with van der Waals surface area (Å²) in [6.45, 7) is 1.31. The Balaban J connectivity index is 1.31. The van der Waals surface area contributed by atoms with Gasteiger partial charge >= 0.3 is 0 Å². The van der Waals surface area contributed by atoms with Crippen molar-refractivity contribution in [3.05, 3.63) is 83.2 Å². The molecule has 7 heteroatoms. The largest absolute Gasteiger partial charge is 0.487 e. The monoisotopic (exact) mass is 406 g/mol. The average Bonchev–Trinajstić information content (AvgIpc) is 3.20. The highest BCUT2D eigenvalue weighted by molar-refractivity contribution is 5.94. The van der Waals surface area contributed by atoms with Crippen LogP contribution in [0.25, 0.3) is 0 Å². The number of fused-ring (bicyclic) bond motifs is 1. The molecule has 0 unspecified atom stereocenters. The van der Waals surface area contributed by atoms with Gasteiger partial charge < -0.3 is 20.5 Å². The summed E-state index contributed by atoms with van der Waals surface area (Å²) < 4.78 is 7.69. The molecule has 2 aromatic carbocycles. The van der Waals surface area contributed by atoms with Crippen LogP contribution in [0.2, 0.25) is 0 Å². The van der Waals surface area contributed by atoms with Crippen LogP contribution in [-0.2, 0) is 26.6 Å². The van der Waals surface area contributed by atoms with Crippen molar-refractivity contribution in [2.75, 3.05) is 6.54 Å². The summed E-state index contributed by atoms with van der Waals surface area (Å²) in [4.78, 5) is 12.2. The third-order valence-corrected chi connectivity index (χ3v) is 5.45. The van der Waals surface area contributed by atoms with E-state index in [-0.39, 0.29) is 18.5 Å². The molecule has 2 heterocycles. The summed E-state index contributed by atoms with van der Waals surface area (Å²) in [5.74, 6) is 0.631. The molecule has 0 spiro atoms. The summed E-state index contributed by atoms with van der Waals surface area (Å²) in [7, 11) is 1.89. The fraction of sp³-hybridized carbons (Fsp3) is 0.304. The molecule has 0 saturated carbocycles. The van der Waals surface area contributed by atoms with Crippen LogP contribution >= 0.6 is 0 Å². The van der Waals surface area contributed by atoms with Crippen molar-refractivity contribution in [2.24, 2.45) is 7.05 Å². The highest BCUT2D eigenvalue weighted by Gasteiger charge is 2.25. The van der Waals surface area contributed by atoms with Crippen LogP contribution in [0, 0.1) is 0 Å². The molecule has 1 aliphatic rings. The van der Waals surface area contributed by atoms with Crippen molar-refractivity contribution in [3.63, 3.8) is 0 Å². The van der Waals surface area contributed by atoms with E-state index in [4.69, 9.17) is 4.74 Å². The number of nitrogens with one attached hydrogen (secondary N) is 2. The smallest absolute Gasteiger partial charge is 0.251 e. The number of hydrogen-bond donors (Lipinski definition) is 3. The molecule has 1 amide bonds. The minimum Gasteiger partial charge on any atom is -0.487 e. The number of carbonyl (C=O) groups excluding carboxylic acids is 1. The first-order valence-corrected chi connectivity index (χ1v) is 10.1. The lowest BCUT2D eigenvalue weighted by molar-refractivity contribution is 0.0870. The molecule has 2 atom stereocenters. The van der Waals surface area contributed by atoms with Crippen molar-refractivity contribution in [2.45, 2.75) is 31.7 Å². The molecule has 0 saturated heterocycles. The minimum absolute atomic E-state index is 0.116. The number of aliphatic hydroxyl groups excluding tert-OH is 1. The maximum Gasteiger partial charge on any atom is 0.251 e. The summed E-state index contributed by atoms with van der Waals surface area (Å²) in [6, 6.07) is 16.9. The van der Waals surface area contributed by atoms with Crippen LogP contribution in [0.3, 0.4) is 0 Å². The molecule has 30 heavy (non-hydrogen) atoms. The third-order valence-electron chi connectivity index (χ3n) is 5.45. The second-order valence-electron chi connectivity index (χ2n) is 7.50. The predicted octanol–water partition coefficient (Wildman–Crippen LogP) is 1.80. The lowest BCUT2D eigenvalue weighted by Gasteiger charge is -2.30. The van der Waals surface area contributed by atoms with Crippen LogP contribution < -0.4 is 15.4 Å². The van der Waals surface area contributed by atoms with Crippen LogP contribution in [0.4, 0.5) is 0 Å². The number of amides is 1. The Morgan fingerprint density at radius 1 is 1.27 bits per heavy atom.